The standard InChI is InChI=1S/C16H15FN2O5S/c1-10-6-12(3-4-13(10)17)25(21,22)18-8-16(20)19-11-2-5-14-15(7-11)24-9-23-14/h2-7,18H,8-9H2,1H3,(H,19,20). The summed E-state index contributed by atoms with van der Waals surface area (Å²) in [6.07, 6.45) is 0. The molecule has 1 amide bonds. The number of hydrogen-bond donors (Lipinski definition) is 2. The molecule has 2 N–H and O–H groups in total. The molecule has 0 saturated carbocycles. The number of sulfonamides is 1. The van der Waals surface area contributed by atoms with Crippen molar-refractivity contribution in [3.05, 3.63) is 47.8 Å². The molecule has 0 spiro atoms. The Morgan fingerprint density at radius 3 is 2.68 bits per heavy atom. The van der Waals surface area contributed by atoms with E-state index in [1.165, 1.54) is 13.0 Å². The van der Waals surface area contributed by atoms with Crippen LogP contribution in [0.1, 0.15) is 5.56 Å². The Kier molecular flexibility index (Phi) is 4.60. The first-order valence-electron chi connectivity index (χ1n) is 7.30. The molecule has 0 aliphatic carbocycles. The molecule has 0 fully saturated rings. The van der Waals surface area contributed by atoms with Crippen molar-refractivity contribution in [3.63, 3.8) is 0 Å². The number of fused-ring (bicyclic) bond motifs is 1. The Labute approximate surface area is 143 Å². The van der Waals surface area contributed by atoms with Gasteiger partial charge in [-0.25, -0.2) is 17.5 Å². The van der Waals surface area contributed by atoms with Crippen molar-refractivity contribution < 1.29 is 27.1 Å². The molecule has 132 valence electrons. The maximum absolute atomic E-state index is 13.2. The van der Waals surface area contributed by atoms with E-state index >= 15 is 0 Å². The molecule has 0 aromatic heterocycles. The number of benzene rings is 2. The summed E-state index contributed by atoms with van der Waals surface area (Å²) in [7, 11) is -3.92. The van der Waals surface area contributed by atoms with Crippen molar-refractivity contribution in [2.45, 2.75) is 11.8 Å². The van der Waals surface area contributed by atoms with E-state index in [1.54, 1.807) is 18.2 Å². The highest BCUT2D eigenvalue weighted by Crippen LogP contribution is 2.34. The van der Waals surface area contributed by atoms with Crippen LogP contribution in [0.25, 0.3) is 0 Å². The predicted octanol–water partition coefficient (Wildman–Crippen LogP) is 1.78. The van der Waals surface area contributed by atoms with Crippen LogP contribution in [0.5, 0.6) is 11.5 Å². The van der Waals surface area contributed by atoms with Gasteiger partial charge >= 0.3 is 0 Å². The smallest absolute Gasteiger partial charge is 0.241 e. The molecule has 7 nitrogen and oxygen atoms in total. The first kappa shape index (κ1) is 17.2. The third-order valence-corrected chi connectivity index (χ3v) is 4.92. The third-order valence-electron chi connectivity index (χ3n) is 3.52. The number of carbonyl (C=O) groups excluding carboxylic acids is 1. The number of halogens is 1. The van der Waals surface area contributed by atoms with Crippen LogP contribution in [0.2, 0.25) is 0 Å². The zero-order valence-electron chi connectivity index (χ0n) is 13.2. The number of carbonyl (C=O) groups is 1. The van der Waals surface area contributed by atoms with E-state index < -0.39 is 28.3 Å². The van der Waals surface area contributed by atoms with Gasteiger partial charge in [-0.05, 0) is 42.8 Å². The van der Waals surface area contributed by atoms with Crippen LogP contribution in [0, 0.1) is 12.7 Å². The highest BCUT2D eigenvalue weighted by atomic mass is 32.2. The summed E-state index contributed by atoms with van der Waals surface area (Å²) in [4.78, 5) is 11.8. The van der Waals surface area contributed by atoms with Crippen molar-refractivity contribution in [2.24, 2.45) is 0 Å². The average Bonchev–Trinajstić information content (AvgIpc) is 3.03. The topological polar surface area (TPSA) is 93.7 Å². The highest BCUT2D eigenvalue weighted by molar-refractivity contribution is 7.89. The molecule has 0 saturated heterocycles. The summed E-state index contributed by atoms with van der Waals surface area (Å²) in [6.45, 7) is 1.11. The summed E-state index contributed by atoms with van der Waals surface area (Å²) in [5.74, 6) is 0.0197. The lowest BCUT2D eigenvalue weighted by molar-refractivity contribution is -0.115. The Balaban J connectivity index is 1.62. The fraction of sp³-hybridized carbons (Fsp3) is 0.188. The van der Waals surface area contributed by atoms with Gasteiger partial charge in [0.05, 0.1) is 11.4 Å². The number of aryl methyl sites for hydroxylation is 1. The molecular weight excluding hydrogens is 351 g/mol. The Bertz CT molecular complexity index is 930. The maximum atomic E-state index is 13.2. The number of anilines is 1. The van der Waals surface area contributed by atoms with E-state index in [4.69, 9.17) is 9.47 Å². The Morgan fingerprint density at radius 1 is 1.16 bits per heavy atom. The second-order valence-corrected chi connectivity index (χ2v) is 7.12. The van der Waals surface area contributed by atoms with Gasteiger partial charge in [0.25, 0.3) is 0 Å². The summed E-state index contributed by atoms with van der Waals surface area (Å²) in [5.41, 5.74) is 0.652. The van der Waals surface area contributed by atoms with Gasteiger partial charge in [-0.2, -0.15) is 0 Å². The molecule has 0 atom stereocenters. The first-order chi connectivity index (χ1) is 11.8. The van der Waals surface area contributed by atoms with Crippen LogP contribution in [0.15, 0.2) is 41.3 Å². The van der Waals surface area contributed by atoms with Crippen LogP contribution in [0.3, 0.4) is 0 Å². The summed E-state index contributed by atoms with van der Waals surface area (Å²) < 4.78 is 50.1. The maximum Gasteiger partial charge on any atom is 0.241 e. The number of amides is 1. The molecule has 0 bridgehead atoms. The predicted molar refractivity (Wildman–Crippen MR) is 87.5 cm³/mol. The van der Waals surface area contributed by atoms with Crippen LogP contribution in [-0.2, 0) is 14.8 Å². The van der Waals surface area contributed by atoms with Crippen LogP contribution >= 0.6 is 0 Å². The minimum Gasteiger partial charge on any atom is -0.454 e. The average molecular weight is 366 g/mol. The molecular formula is C16H15FN2O5S. The molecule has 0 unspecified atom stereocenters. The first-order valence-corrected chi connectivity index (χ1v) is 8.79. The van der Waals surface area contributed by atoms with Crippen molar-refractivity contribution in [3.8, 4) is 11.5 Å². The molecule has 1 aliphatic heterocycles. The highest BCUT2D eigenvalue weighted by Gasteiger charge is 2.18. The van der Waals surface area contributed by atoms with Gasteiger partial charge < -0.3 is 14.8 Å². The van der Waals surface area contributed by atoms with Gasteiger partial charge in [-0.1, -0.05) is 0 Å². The number of ether oxygens (including phenoxy) is 2. The lowest BCUT2D eigenvalue weighted by Crippen LogP contribution is -2.33. The lowest BCUT2D eigenvalue weighted by atomic mass is 10.2. The number of rotatable bonds is 5. The van der Waals surface area contributed by atoms with E-state index in [-0.39, 0.29) is 17.3 Å². The van der Waals surface area contributed by atoms with E-state index in [2.05, 4.69) is 10.0 Å². The molecule has 9 heteroatoms. The molecule has 25 heavy (non-hydrogen) atoms. The SMILES string of the molecule is Cc1cc(S(=O)(=O)NCC(=O)Nc2ccc3c(c2)OCO3)ccc1F. The Hall–Kier alpha value is -2.65. The molecule has 2 aromatic rings. The van der Waals surface area contributed by atoms with Crippen molar-refractivity contribution in [1.82, 2.24) is 4.72 Å². The van der Waals surface area contributed by atoms with Gasteiger partial charge in [0.15, 0.2) is 11.5 Å². The molecule has 1 aliphatic rings. The second-order valence-electron chi connectivity index (χ2n) is 5.35. The summed E-state index contributed by atoms with van der Waals surface area (Å²) >= 11 is 0. The molecule has 3 rings (SSSR count). The zero-order valence-corrected chi connectivity index (χ0v) is 14.0. The van der Waals surface area contributed by atoms with Gasteiger partial charge in [0.1, 0.15) is 5.82 Å². The summed E-state index contributed by atoms with van der Waals surface area (Å²) in [6, 6.07) is 8.25. The number of hydrogen-bond acceptors (Lipinski definition) is 5. The minimum absolute atomic E-state index is 0.109. The van der Waals surface area contributed by atoms with E-state index in [9.17, 15) is 17.6 Å². The lowest BCUT2D eigenvalue weighted by Gasteiger charge is -2.09. The molecule has 2 aromatic carbocycles. The van der Waals surface area contributed by atoms with Gasteiger partial charge in [0, 0.05) is 11.8 Å². The number of nitrogens with one attached hydrogen (secondary N) is 2. The van der Waals surface area contributed by atoms with Crippen LogP contribution in [0.4, 0.5) is 10.1 Å². The van der Waals surface area contributed by atoms with Crippen LogP contribution < -0.4 is 19.5 Å². The third kappa shape index (κ3) is 3.89. The second kappa shape index (κ2) is 6.69. The van der Waals surface area contributed by atoms with E-state index in [0.717, 1.165) is 12.1 Å². The van der Waals surface area contributed by atoms with Crippen LogP contribution in [-0.4, -0.2) is 27.7 Å². The van der Waals surface area contributed by atoms with Crippen molar-refractivity contribution in [1.29, 1.82) is 0 Å². The normalized spacial score (nSPS) is 12.9. The van der Waals surface area contributed by atoms with Gasteiger partial charge in [-0.15, -0.1) is 0 Å². The zero-order chi connectivity index (χ0) is 18.0. The van der Waals surface area contributed by atoms with Crippen molar-refractivity contribution in [2.75, 3.05) is 18.7 Å². The minimum atomic E-state index is -3.92. The van der Waals surface area contributed by atoms with Gasteiger partial charge in [-0.3, -0.25) is 4.79 Å². The largest absolute Gasteiger partial charge is 0.454 e. The quantitative estimate of drug-likeness (QED) is 0.841. The summed E-state index contributed by atoms with van der Waals surface area (Å²) in [5, 5.41) is 2.55. The Morgan fingerprint density at radius 2 is 1.92 bits per heavy atom. The fourth-order valence-electron chi connectivity index (χ4n) is 2.21. The van der Waals surface area contributed by atoms with E-state index in [1.807, 2.05) is 0 Å². The monoisotopic (exact) mass is 366 g/mol. The van der Waals surface area contributed by atoms with Crippen molar-refractivity contribution >= 4 is 21.6 Å². The molecule has 0 radical (unpaired) electrons. The molecule has 1 heterocycles. The van der Waals surface area contributed by atoms with E-state index in [0.29, 0.717) is 17.2 Å². The fourth-order valence-corrected chi connectivity index (χ4v) is 3.27. The van der Waals surface area contributed by atoms with Gasteiger partial charge in [0.2, 0.25) is 22.7 Å².